The van der Waals surface area contributed by atoms with Crippen molar-refractivity contribution in [2.45, 2.75) is 25.2 Å². The number of hydrogen-bond donors (Lipinski definition) is 0. The Bertz CT molecular complexity index is 1190. The number of benzene rings is 4. The molecule has 1 aliphatic heterocycles. The normalized spacial score (nSPS) is 13.9. The number of ether oxygens (including phenoxy) is 1. The van der Waals surface area contributed by atoms with Gasteiger partial charge in [-0.3, -0.25) is 4.79 Å². The molecule has 36 heavy (non-hydrogen) atoms. The SMILES string of the molecule is O=C(CCC1CN(CCC(c2ccccc2)c2ccccc2)C1)c1cccc(Oc2ccccc2)c1. The van der Waals surface area contributed by atoms with E-state index < -0.39 is 0 Å². The van der Waals surface area contributed by atoms with E-state index >= 15 is 0 Å². The molecule has 0 aromatic heterocycles. The van der Waals surface area contributed by atoms with Crippen molar-refractivity contribution in [3.63, 3.8) is 0 Å². The van der Waals surface area contributed by atoms with E-state index in [9.17, 15) is 4.79 Å². The van der Waals surface area contributed by atoms with Crippen molar-refractivity contribution in [1.82, 2.24) is 4.90 Å². The molecular formula is C33H33NO2. The zero-order valence-electron chi connectivity index (χ0n) is 20.6. The minimum Gasteiger partial charge on any atom is -0.457 e. The van der Waals surface area contributed by atoms with Crippen LogP contribution in [0.15, 0.2) is 115 Å². The quantitative estimate of drug-likeness (QED) is 0.209. The smallest absolute Gasteiger partial charge is 0.163 e. The highest BCUT2D eigenvalue weighted by atomic mass is 16.5. The van der Waals surface area contributed by atoms with Crippen molar-refractivity contribution in [2.24, 2.45) is 5.92 Å². The topological polar surface area (TPSA) is 29.5 Å². The van der Waals surface area contributed by atoms with Gasteiger partial charge in [-0.2, -0.15) is 0 Å². The summed E-state index contributed by atoms with van der Waals surface area (Å²) in [7, 11) is 0. The lowest BCUT2D eigenvalue weighted by Gasteiger charge is -2.40. The number of rotatable bonds is 11. The van der Waals surface area contributed by atoms with Crippen molar-refractivity contribution in [2.75, 3.05) is 19.6 Å². The monoisotopic (exact) mass is 475 g/mol. The molecule has 0 unspecified atom stereocenters. The summed E-state index contributed by atoms with van der Waals surface area (Å²) < 4.78 is 5.89. The number of Topliss-reactive ketones (excluding diaryl/α,β-unsaturated/α-hetero) is 1. The fourth-order valence-electron chi connectivity index (χ4n) is 5.09. The van der Waals surface area contributed by atoms with E-state index in [-0.39, 0.29) is 5.78 Å². The second-order valence-electron chi connectivity index (χ2n) is 9.69. The largest absolute Gasteiger partial charge is 0.457 e. The lowest BCUT2D eigenvalue weighted by atomic mass is 9.87. The van der Waals surface area contributed by atoms with E-state index in [0.29, 0.717) is 24.0 Å². The molecule has 3 heteroatoms. The van der Waals surface area contributed by atoms with Gasteiger partial charge in [-0.1, -0.05) is 91.0 Å². The van der Waals surface area contributed by atoms with Gasteiger partial charge in [-0.25, -0.2) is 0 Å². The Kier molecular flexibility index (Phi) is 7.89. The van der Waals surface area contributed by atoms with Crippen LogP contribution in [0.2, 0.25) is 0 Å². The molecule has 0 amide bonds. The zero-order valence-corrected chi connectivity index (χ0v) is 20.6. The first-order valence-corrected chi connectivity index (χ1v) is 12.9. The van der Waals surface area contributed by atoms with Crippen LogP contribution in [0.3, 0.4) is 0 Å². The molecule has 1 heterocycles. The summed E-state index contributed by atoms with van der Waals surface area (Å²) in [5.41, 5.74) is 3.49. The van der Waals surface area contributed by atoms with Crippen molar-refractivity contribution in [3.05, 3.63) is 132 Å². The second kappa shape index (κ2) is 11.8. The van der Waals surface area contributed by atoms with Gasteiger partial charge in [0.1, 0.15) is 11.5 Å². The first kappa shape index (κ1) is 24.0. The van der Waals surface area contributed by atoms with E-state index in [1.807, 2.05) is 54.6 Å². The maximum Gasteiger partial charge on any atom is 0.163 e. The Morgan fingerprint density at radius 2 is 1.33 bits per heavy atom. The molecule has 0 radical (unpaired) electrons. The van der Waals surface area contributed by atoms with Crippen LogP contribution in [-0.2, 0) is 0 Å². The maximum atomic E-state index is 12.8. The number of para-hydroxylation sites is 1. The lowest BCUT2D eigenvalue weighted by Crippen LogP contribution is -2.47. The summed E-state index contributed by atoms with van der Waals surface area (Å²) in [5, 5.41) is 0. The Morgan fingerprint density at radius 1 is 0.750 bits per heavy atom. The number of nitrogens with zero attached hydrogens (tertiary/aromatic N) is 1. The van der Waals surface area contributed by atoms with Gasteiger partial charge in [-0.15, -0.1) is 0 Å². The third-order valence-corrected chi connectivity index (χ3v) is 7.09. The van der Waals surface area contributed by atoms with Crippen molar-refractivity contribution in [1.29, 1.82) is 0 Å². The highest BCUT2D eigenvalue weighted by Gasteiger charge is 2.28. The second-order valence-corrected chi connectivity index (χ2v) is 9.69. The molecule has 0 aliphatic carbocycles. The molecule has 4 aromatic rings. The van der Waals surface area contributed by atoms with Crippen LogP contribution in [0.1, 0.15) is 46.7 Å². The Labute approximate surface area is 214 Å². The number of likely N-dealkylation sites (tertiary alicyclic amines) is 1. The predicted octanol–water partition coefficient (Wildman–Crippen LogP) is 7.60. The number of carbonyl (C=O) groups excluding carboxylic acids is 1. The van der Waals surface area contributed by atoms with E-state index in [4.69, 9.17) is 4.74 Å². The Balaban J connectivity index is 1.08. The average Bonchev–Trinajstić information content (AvgIpc) is 2.91. The zero-order chi connectivity index (χ0) is 24.6. The fraction of sp³-hybridized carbons (Fsp3) is 0.242. The molecule has 0 atom stereocenters. The molecule has 0 bridgehead atoms. The molecule has 0 N–H and O–H groups in total. The van der Waals surface area contributed by atoms with Crippen molar-refractivity contribution < 1.29 is 9.53 Å². The summed E-state index contributed by atoms with van der Waals surface area (Å²) in [6, 6.07) is 38.8. The molecule has 0 saturated carbocycles. The van der Waals surface area contributed by atoms with Gasteiger partial charge in [0.15, 0.2) is 5.78 Å². The lowest BCUT2D eigenvalue weighted by molar-refractivity contribution is 0.0811. The molecule has 1 saturated heterocycles. The molecule has 0 spiro atoms. The molecule has 1 fully saturated rings. The summed E-state index contributed by atoms with van der Waals surface area (Å²) in [6.07, 6.45) is 2.64. The van der Waals surface area contributed by atoms with Crippen LogP contribution in [0, 0.1) is 5.92 Å². The first-order valence-electron chi connectivity index (χ1n) is 12.9. The van der Waals surface area contributed by atoms with E-state index in [2.05, 4.69) is 65.6 Å². The standard InChI is InChI=1S/C33H33NO2/c35-33(29-15-10-18-31(23-29)36-30-16-8-3-9-17-30)20-19-26-24-34(25-26)22-21-32(27-11-4-1-5-12-27)28-13-6-2-7-14-28/h1-18,23,26,32H,19-22,24-25H2. The summed E-state index contributed by atoms with van der Waals surface area (Å²) >= 11 is 0. The summed E-state index contributed by atoms with van der Waals surface area (Å²) in [6.45, 7) is 3.25. The number of ketones is 1. The number of carbonyl (C=O) groups is 1. The summed E-state index contributed by atoms with van der Waals surface area (Å²) in [4.78, 5) is 15.4. The van der Waals surface area contributed by atoms with Crippen LogP contribution in [0.25, 0.3) is 0 Å². The van der Waals surface area contributed by atoms with Gasteiger partial charge in [0.25, 0.3) is 0 Å². The van der Waals surface area contributed by atoms with Crippen LogP contribution in [0.5, 0.6) is 11.5 Å². The minimum atomic E-state index is 0.195. The number of hydrogen-bond acceptors (Lipinski definition) is 3. The molecule has 1 aliphatic rings. The molecule has 182 valence electrons. The predicted molar refractivity (Wildman–Crippen MR) is 146 cm³/mol. The highest BCUT2D eigenvalue weighted by molar-refractivity contribution is 5.96. The van der Waals surface area contributed by atoms with E-state index in [0.717, 1.165) is 43.8 Å². The van der Waals surface area contributed by atoms with Crippen LogP contribution in [0.4, 0.5) is 0 Å². The Morgan fingerprint density at radius 3 is 1.97 bits per heavy atom. The Hall–Kier alpha value is -3.69. The maximum absolute atomic E-state index is 12.8. The van der Waals surface area contributed by atoms with Gasteiger partial charge >= 0.3 is 0 Å². The van der Waals surface area contributed by atoms with Gasteiger partial charge in [0.05, 0.1) is 0 Å². The van der Waals surface area contributed by atoms with E-state index in [1.54, 1.807) is 0 Å². The molecule has 3 nitrogen and oxygen atoms in total. The van der Waals surface area contributed by atoms with E-state index in [1.165, 1.54) is 11.1 Å². The third-order valence-electron chi connectivity index (χ3n) is 7.09. The molecule has 5 rings (SSSR count). The van der Waals surface area contributed by atoms with Gasteiger partial charge in [0.2, 0.25) is 0 Å². The highest BCUT2D eigenvalue weighted by Crippen LogP contribution is 2.30. The van der Waals surface area contributed by atoms with Crippen LogP contribution >= 0.6 is 0 Å². The van der Waals surface area contributed by atoms with Gasteiger partial charge in [-0.05, 0) is 60.7 Å². The average molecular weight is 476 g/mol. The van der Waals surface area contributed by atoms with Crippen LogP contribution in [-0.4, -0.2) is 30.3 Å². The van der Waals surface area contributed by atoms with Crippen molar-refractivity contribution >= 4 is 5.78 Å². The van der Waals surface area contributed by atoms with Crippen molar-refractivity contribution in [3.8, 4) is 11.5 Å². The fourth-order valence-corrected chi connectivity index (χ4v) is 5.09. The van der Waals surface area contributed by atoms with Gasteiger partial charge < -0.3 is 9.64 Å². The molecule has 4 aromatic carbocycles. The first-order chi connectivity index (χ1) is 17.7. The third kappa shape index (κ3) is 6.30. The van der Waals surface area contributed by atoms with Crippen LogP contribution < -0.4 is 4.74 Å². The minimum absolute atomic E-state index is 0.195. The summed E-state index contributed by atoms with van der Waals surface area (Å²) in [5.74, 6) is 2.69. The van der Waals surface area contributed by atoms with Gasteiger partial charge in [0, 0.05) is 31.0 Å². The molecular weight excluding hydrogens is 442 g/mol.